The summed E-state index contributed by atoms with van der Waals surface area (Å²) >= 11 is 5.90. The number of aromatic nitrogens is 2. The first-order valence-electron chi connectivity index (χ1n) is 6.99. The lowest BCUT2D eigenvalue weighted by atomic mass is 10.1. The van der Waals surface area contributed by atoms with Gasteiger partial charge in [0.1, 0.15) is 11.6 Å². The lowest BCUT2D eigenvalue weighted by molar-refractivity contribution is 0.620. The number of hydrogen-bond donors (Lipinski definition) is 0. The number of hydrogen-bond acceptors (Lipinski definition) is 2. The highest BCUT2D eigenvalue weighted by molar-refractivity contribution is 6.30. The maximum absolute atomic E-state index is 13.7. The predicted molar refractivity (Wildman–Crippen MR) is 86.4 cm³/mol. The minimum atomic E-state index is -0.356. The van der Waals surface area contributed by atoms with Crippen LogP contribution in [0.15, 0.2) is 41.2 Å². The summed E-state index contributed by atoms with van der Waals surface area (Å²) in [5, 5.41) is 1.01. The molecule has 0 aliphatic rings. The van der Waals surface area contributed by atoms with E-state index in [1.807, 2.05) is 6.92 Å². The number of aryl methyl sites for hydroxylation is 2. The van der Waals surface area contributed by atoms with E-state index >= 15 is 0 Å². The normalized spacial score (nSPS) is 11.1. The molecule has 3 aromatic rings. The van der Waals surface area contributed by atoms with Gasteiger partial charge in [-0.25, -0.2) is 9.37 Å². The molecule has 22 heavy (non-hydrogen) atoms. The highest BCUT2D eigenvalue weighted by atomic mass is 35.5. The topological polar surface area (TPSA) is 34.9 Å². The zero-order valence-corrected chi connectivity index (χ0v) is 13.0. The average Bonchev–Trinajstić information content (AvgIpc) is 2.50. The lowest BCUT2D eigenvalue weighted by Gasteiger charge is -2.13. The van der Waals surface area contributed by atoms with Crippen LogP contribution in [0.1, 0.15) is 18.3 Å². The first kappa shape index (κ1) is 14.7. The van der Waals surface area contributed by atoms with Crippen molar-refractivity contribution in [3.8, 4) is 5.69 Å². The fourth-order valence-electron chi connectivity index (χ4n) is 2.46. The van der Waals surface area contributed by atoms with Crippen LogP contribution in [-0.2, 0) is 6.42 Å². The quantitative estimate of drug-likeness (QED) is 0.715. The summed E-state index contributed by atoms with van der Waals surface area (Å²) in [6.07, 6.45) is 0.559. The van der Waals surface area contributed by atoms with E-state index in [-0.39, 0.29) is 11.4 Å². The summed E-state index contributed by atoms with van der Waals surface area (Å²) < 4.78 is 15.3. The summed E-state index contributed by atoms with van der Waals surface area (Å²) in [7, 11) is 0. The molecule has 0 radical (unpaired) electrons. The van der Waals surface area contributed by atoms with Gasteiger partial charge < -0.3 is 0 Å². The maximum atomic E-state index is 13.7. The van der Waals surface area contributed by atoms with Gasteiger partial charge in [0.2, 0.25) is 0 Å². The fourth-order valence-corrected chi connectivity index (χ4v) is 2.58. The van der Waals surface area contributed by atoms with Gasteiger partial charge in [0.05, 0.1) is 16.6 Å². The van der Waals surface area contributed by atoms with Crippen molar-refractivity contribution in [3.63, 3.8) is 0 Å². The SMILES string of the molecule is CCc1nc2cc(F)c(C)cc2c(=O)n1-c1ccc(Cl)cc1. The smallest absolute Gasteiger partial charge is 0.265 e. The Kier molecular flexibility index (Phi) is 3.71. The Balaban J connectivity index is 2.38. The van der Waals surface area contributed by atoms with Gasteiger partial charge in [0, 0.05) is 17.5 Å². The molecule has 3 nitrogen and oxygen atoms in total. The van der Waals surface area contributed by atoms with Gasteiger partial charge in [-0.15, -0.1) is 0 Å². The van der Waals surface area contributed by atoms with E-state index in [1.165, 1.54) is 6.07 Å². The average molecular weight is 317 g/mol. The second kappa shape index (κ2) is 5.54. The third-order valence-corrected chi connectivity index (χ3v) is 3.87. The van der Waals surface area contributed by atoms with Gasteiger partial charge in [0.15, 0.2) is 0 Å². The van der Waals surface area contributed by atoms with Gasteiger partial charge in [-0.1, -0.05) is 18.5 Å². The highest BCUT2D eigenvalue weighted by Crippen LogP contribution is 2.18. The second-order valence-corrected chi connectivity index (χ2v) is 5.55. The van der Waals surface area contributed by atoms with Crippen LogP contribution in [0.25, 0.3) is 16.6 Å². The molecule has 112 valence electrons. The molecule has 0 amide bonds. The van der Waals surface area contributed by atoms with Crippen molar-refractivity contribution in [1.29, 1.82) is 0 Å². The zero-order chi connectivity index (χ0) is 15.9. The van der Waals surface area contributed by atoms with Crippen LogP contribution in [0.5, 0.6) is 0 Å². The molecule has 0 aliphatic carbocycles. The molecule has 1 aromatic heterocycles. The molecule has 0 aliphatic heterocycles. The van der Waals surface area contributed by atoms with Gasteiger partial charge in [-0.2, -0.15) is 0 Å². The van der Waals surface area contributed by atoms with Crippen molar-refractivity contribution in [2.45, 2.75) is 20.3 Å². The van der Waals surface area contributed by atoms with Crippen LogP contribution in [0.4, 0.5) is 4.39 Å². The molecule has 0 unspecified atom stereocenters. The summed E-state index contributed by atoms with van der Waals surface area (Å²) in [5.41, 5.74) is 1.31. The van der Waals surface area contributed by atoms with Crippen LogP contribution >= 0.6 is 11.6 Å². The molecule has 1 heterocycles. The molecule has 2 aromatic carbocycles. The minimum absolute atomic E-state index is 0.202. The molecule has 0 fully saturated rings. The van der Waals surface area contributed by atoms with Crippen molar-refractivity contribution in [2.24, 2.45) is 0 Å². The maximum Gasteiger partial charge on any atom is 0.265 e. The molecule has 0 saturated carbocycles. The van der Waals surface area contributed by atoms with Gasteiger partial charge in [0.25, 0.3) is 5.56 Å². The molecule has 0 N–H and O–H groups in total. The third kappa shape index (κ3) is 2.40. The van der Waals surface area contributed by atoms with E-state index in [4.69, 9.17) is 11.6 Å². The highest BCUT2D eigenvalue weighted by Gasteiger charge is 2.13. The Bertz CT molecular complexity index is 917. The molecule has 5 heteroatoms. The summed E-state index contributed by atoms with van der Waals surface area (Å²) in [5.74, 6) is 0.230. The number of rotatable bonds is 2. The van der Waals surface area contributed by atoms with Crippen molar-refractivity contribution >= 4 is 22.5 Å². The number of fused-ring (bicyclic) bond motifs is 1. The van der Waals surface area contributed by atoms with Crippen LogP contribution in [0, 0.1) is 12.7 Å². The van der Waals surface area contributed by atoms with Crippen LogP contribution < -0.4 is 5.56 Å². The van der Waals surface area contributed by atoms with E-state index in [0.29, 0.717) is 39.4 Å². The Hall–Kier alpha value is -2.20. The first-order valence-corrected chi connectivity index (χ1v) is 7.36. The van der Waals surface area contributed by atoms with Crippen molar-refractivity contribution in [2.75, 3.05) is 0 Å². The standard InChI is InChI=1S/C17H14ClFN2O/c1-3-16-20-15-9-14(19)10(2)8-13(15)17(22)21(16)12-6-4-11(18)5-7-12/h4-9H,3H2,1-2H3. The molecular weight excluding hydrogens is 303 g/mol. The Morgan fingerprint density at radius 3 is 2.55 bits per heavy atom. The molecule has 0 bridgehead atoms. The first-order chi connectivity index (χ1) is 10.5. The minimum Gasteiger partial charge on any atom is -0.268 e. The van der Waals surface area contributed by atoms with E-state index in [9.17, 15) is 9.18 Å². The number of benzene rings is 2. The van der Waals surface area contributed by atoms with Crippen molar-refractivity contribution in [3.05, 3.63) is 69.0 Å². The fraction of sp³-hybridized carbons (Fsp3) is 0.176. The summed E-state index contributed by atoms with van der Waals surface area (Å²) in [6, 6.07) is 9.86. The largest absolute Gasteiger partial charge is 0.268 e. The van der Waals surface area contributed by atoms with Crippen molar-refractivity contribution < 1.29 is 4.39 Å². The predicted octanol–water partition coefficient (Wildman–Crippen LogP) is 4.05. The summed E-state index contributed by atoms with van der Waals surface area (Å²) in [6.45, 7) is 3.54. The van der Waals surface area contributed by atoms with E-state index < -0.39 is 0 Å². The Morgan fingerprint density at radius 2 is 1.91 bits per heavy atom. The van der Waals surface area contributed by atoms with E-state index in [0.717, 1.165) is 0 Å². The van der Waals surface area contributed by atoms with Crippen molar-refractivity contribution in [1.82, 2.24) is 9.55 Å². The number of halogens is 2. The van der Waals surface area contributed by atoms with Gasteiger partial charge >= 0.3 is 0 Å². The zero-order valence-electron chi connectivity index (χ0n) is 12.2. The Labute approximate surface area is 132 Å². The Morgan fingerprint density at radius 1 is 1.23 bits per heavy atom. The van der Waals surface area contributed by atoms with Gasteiger partial charge in [-0.3, -0.25) is 9.36 Å². The molecular formula is C17H14ClFN2O. The lowest BCUT2D eigenvalue weighted by Crippen LogP contribution is -2.23. The van der Waals surface area contributed by atoms with Crippen LogP contribution in [0.3, 0.4) is 0 Å². The monoisotopic (exact) mass is 316 g/mol. The van der Waals surface area contributed by atoms with Gasteiger partial charge in [-0.05, 0) is 42.8 Å². The molecule has 0 saturated heterocycles. The molecule has 0 spiro atoms. The third-order valence-electron chi connectivity index (χ3n) is 3.62. The molecule has 3 rings (SSSR count). The van der Waals surface area contributed by atoms with E-state index in [2.05, 4.69) is 4.98 Å². The van der Waals surface area contributed by atoms with E-state index in [1.54, 1.807) is 41.8 Å². The molecule has 0 atom stereocenters. The summed E-state index contributed by atoms with van der Waals surface area (Å²) in [4.78, 5) is 17.3. The second-order valence-electron chi connectivity index (χ2n) is 5.12. The van der Waals surface area contributed by atoms with Crippen LogP contribution in [-0.4, -0.2) is 9.55 Å². The van der Waals surface area contributed by atoms with Crippen LogP contribution in [0.2, 0.25) is 5.02 Å². The number of nitrogens with zero attached hydrogens (tertiary/aromatic N) is 2.